The van der Waals surface area contributed by atoms with Crippen LogP contribution < -0.4 is 0 Å². The smallest absolute Gasteiger partial charge is 0.338 e. The van der Waals surface area contributed by atoms with E-state index >= 15 is 0 Å². The van der Waals surface area contributed by atoms with Crippen molar-refractivity contribution in [3.05, 3.63) is 28.5 Å². The lowest BCUT2D eigenvalue weighted by Crippen LogP contribution is -2.15. The van der Waals surface area contributed by atoms with Gasteiger partial charge in [0.1, 0.15) is 5.15 Å². The Morgan fingerprint density at radius 3 is 2.76 bits per heavy atom. The number of nitrogens with zero attached hydrogens (tertiary/aromatic N) is 1. The van der Waals surface area contributed by atoms with Crippen molar-refractivity contribution >= 4 is 17.6 Å². The highest BCUT2D eigenvalue weighted by Crippen LogP contribution is 2.14. The number of aromatic nitrogens is 1. The SMILES string of the molecule is CCCC(C)OC(=O)c1cc(Cl)nc(CC)c1. The minimum Gasteiger partial charge on any atom is -0.459 e. The van der Waals surface area contributed by atoms with Gasteiger partial charge in [-0.25, -0.2) is 9.78 Å². The predicted octanol–water partition coefficient (Wildman–Crippen LogP) is 3.64. The van der Waals surface area contributed by atoms with Gasteiger partial charge in [-0.2, -0.15) is 0 Å². The molecule has 0 saturated carbocycles. The Morgan fingerprint density at radius 1 is 1.47 bits per heavy atom. The summed E-state index contributed by atoms with van der Waals surface area (Å²) in [5.41, 5.74) is 1.28. The maximum Gasteiger partial charge on any atom is 0.338 e. The van der Waals surface area contributed by atoms with Gasteiger partial charge in [0.15, 0.2) is 0 Å². The second-order valence-corrected chi connectivity index (χ2v) is 4.42. The molecular weight excluding hydrogens is 238 g/mol. The second kappa shape index (κ2) is 6.60. The lowest BCUT2D eigenvalue weighted by atomic mass is 10.2. The summed E-state index contributed by atoms with van der Waals surface area (Å²) in [5, 5.41) is 0.333. The van der Waals surface area contributed by atoms with E-state index in [4.69, 9.17) is 16.3 Å². The molecule has 0 spiro atoms. The van der Waals surface area contributed by atoms with Crippen LogP contribution in [0.1, 0.15) is 49.7 Å². The highest BCUT2D eigenvalue weighted by molar-refractivity contribution is 6.29. The van der Waals surface area contributed by atoms with Gasteiger partial charge in [-0.3, -0.25) is 0 Å². The molecule has 1 heterocycles. The molecule has 0 bridgehead atoms. The number of hydrogen-bond acceptors (Lipinski definition) is 3. The molecule has 0 aliphatic carbocycles. The number of hydrogen-bond donors (Lipinski definition) is 0. The van der Waals surface area contributed by atoms with Crippen molar-refractivity contribution in [2.45, 2.75) is 46.1 Å². The number of esters is 1. The molecule has 3 nitrogen and oxygen atoms in total. The standard InChI is InChI=1S/C13H18ClNO2/c1-4-6-9(3)17-13(16)10-7-11(5-2)15-12(14)8-10/h7-9H,4-6H2,1-3H3. The summed E-state index contributed by atoms with van der Waals surface area (Å²) < 4.78 is 5.31. The number of rotatable bonds is 5. The van der Waals surface area contributed by atoms with Gasteiger partial charge in [-0.1, -0.05) is 31.9 Å². The summed E-state index contributed by atoms with van der Waals surface area (Å²) in [6, 6.07) is 3.27. The van der Waals surface area contributed by atoms with Crippen LogP contribution in [-0.4, -0.2) is 17.1 Å². The average molecular weight is 256 g/mol. The third-order valence-corrected chi connectivity index (χ3v) is 2.64. The fraction of sp³-hybridized carbons (Fsp3) is 0.538. The van der Waals surface area contributed by atoms with E-state index in [-0.39, 0.29) is 12.1 Å². The third kappa shape index (κ3) is 4.35. The zero-order valence-corrected chi connectivity index (χ0v) is 11.3. The number of pyridine rings is 1. The lowest BCUT2D eigenvalue weighted by molar-refractivity contribution is 0.0323. The monoisotopic (exact) mass is 255 g/mol. The van der Waals surface area contributed by atoms with Crippen LogP contribution in [0.15, 0.2) is 12.1 Å². The molecule has 0 aliphatic rings. The number of halogens is 1. The summed E-state index contributed by atoms with van der Waals surface area (Å²) in [5.74, 6) is -0.329. The maximum atomic E-state index is 11.8. The summed E-state index contributed by atoms with van der Waals surface area (Å²) in [6.07, 6.45) is 2.53. The van der Waals surface area contributed by atoms with Crippen molar-refractivity contribution in [1.82, 2.24) is 4.98 Å². The molecule has 0 fully saturated rings. The van der Waals surface area contributed by atoms with E-state index in [1.807, 2.05) is 13.8 Å². The average Bonchev–Trinajstić information content (AvgIpc) is 2.28. The largest absolute Gasteiger partial charge is 0.459 e. The third-order valence-electron chi connectivity index (χ3n) is 2.45. The number of carbonyl (C=O) groups is 1. The normalized spacial score (nSPS) is 12.2. The molecule has 17 heavy (non-hydrogen) atoms. The zero-order valence-electron chi connectivity index (χ0n) is 10.5. The van der Waals surface area contributed by atoms with Gasteiger partial charge in [0.05, 0.1) is 11.7 Å². The Hall–Kier alpha value is -1.09. The quantitative estimate of drug-likeness (QED) is 0.596. The zero-order chi connectivity index (χ0) is 12.8. The van der Waals surface area contributed by atoms with Gasteiger partial charge in [0.2, 0.25) is 0 Å². The Kier molecular flexibility index (Phi) is 5.42. The molecule has 0 aromatic carbocycles. The van der Waals surface area contributed by atoms with Crippen LogP contribution in [0, 0.1) is 0 Å². The van der Waals surface area contributed by atoms with E-state index in [2.05, 4.69) is 11.9 Å². The van der Waals surface area contributed by atoms with Gasteiger partial charge < -0.3 is 4.74 Å². The molecule has 4 heteroatoms. The first-order valence-electron chi connectivity index (χ1n) is 5.94. The van der Waals surface area contributed by atoms with Crippen LogP contribution in [-0.2, 0) is 11.2 Å². The molecule has 94 valence electrons. The number of ether oxygens (including phenoxy) is 1. The van der Waals surface area contributed by atoms with Crippen LogP contribution in [0.5, 0.6) is 0 Å². The molecule has 0 saturated heterocycles. The van der Waals surface area contributed by atoms with Gasteiger partial charge >= 0.3 is 5.97 Å². The first kappa shape index (κ1) is 14.0. The first-order valence-corrected chi connectivity index (χ1v) is 6.32. The Bertz CT molecular complexity index is 393. The van der Waals surface area contributed by atoms with Crippen LogP contribution in [0.3, 0.4) is 0 Å². The molecule has 0 aliphatic heterocycles. The van der Waals surface area contributed by atoms with E-state index in [0.29, 0.717) is 10.7 Å². The highest BCUT2D eigenvalue weighted by atomic mass is 35.5. The predicted molar refractivity (Wildman–Crippen MR) is 68.4 cm³/mol. The molecule has 1 aromatic heterocycles. The van der Waals surface area contributed by atoms with E-state index in [0.717, 1.165) is 25.0 Å². The van der Waals surface area contributed by atoms with E-state index in [1.54, 1.807) is 12.1 Å². The summed E-state index contributed by atoms with van der Waals surface area (Å²) in [7, 11) is 0. The van der Waals surface area contributed by atoms with Gasteiger partial charge in [0, 0.05) is 5.69 Å². The highest BCUT2D eigenvalue weighted by Gasteiger charge is 2.13. The lowest BCUT2D eigenvalue weighted by Gasteiger charge is -2.12. The van der Waals surface area contributed by atoms with Crippen molar-refractivity contribution in [2.75, 3.05) is 0 Å². The molecule has 1 unspecified atom stereocenters. The number of carbonyl (C=O) groups excluding carboxylic acids is 1. The Labute approximate surface area is 107 Å². The summed E-state index contributed by atoms with van der Waals surface area (Å²) in [6.45, 7) is 5.92. The van der Waals surface area contributed by atoms with Gasteiger partial charge in [-0.05, 0) is 31.9 Å². The molecule has 1 rings (SSSR count). The second-order valence-electron chi connectivity index (χ2n) is 4.03. The molecule has 1 atom stereocenters. The maximum absolute atomic E-state index is 11.8. The molecule has 1 aromatic rings. The minimum absolute atomic E-state index is 0.0653. The van der Waals surface area contributed by atoms with Crippen LogP contribution >= 0.6 is 11.6 Å². The van der Waals surface area contributed by atoms with Crippen LogP contribution in [0.2, 0.25) is 5.15 Å². The van der Waals surface area contributed by atoms with E-state index < -0.39 is 0 Å². The molecular formula is C13H18ClNO2. The minimum atomic E-state index is -0.329. The summed E-state index contributed by atoms with van der Waals surface area (Å²) in [4.78, 5) is 15.9. The van der Waals surface area contributed by atoms with Crippen LogP contribution in [0.4, 0.5) is 0 Å². The van der Waals surface area contributed by atoms with Crippen molar-refractivity contribution in [1.29, 1.82) is 0 Å². The van der Waals surface area contributed by atoms with Crippen molar-refractivity contribution in [3.63, 3.8) is 0 Å². The van der Waals surface area contributed by atoms with Gasteiger partial charge in [0.25, 0.3) is 0 Å². The Balaban J connectivity index is 2.78. The molecule has 0 N–H and O–H groups in total. The van der Waals surface area contributed by atoms with Crippen molar-refractivity contribution in [2.24, 2.45) is 0 Å². The fourth-order valence-electron chi connectivity index (χ4n) is 1.57. The Morgan fingerprint density at radius 2 is 2.18 bits per heavy atom. The topological polar surface area (TPSA) is 39.2 Å². The van der Waals surface area contributed by atoms with E-state index in [9.17, 15) is 4.79 Å². The van der Waals surface area contributed by atoms with Crippen molar-refractivity contribution < 1.29 is 9.53 Å². The van der Waals surface area contributed by atoms with E-state index in [1.165, 1.54) is 0 Å². The van der Waals surface area contributed by atoms with Crippen LogP contribution in [0.25, 0.3) is 0 Å². The summed E-state index contributed by atoms with van der Waals surface area (Å²) >= 11 is 5.85. The van der Waals surface area contributed by atoms with Crippen molar-refractivity contribution in [3.8, 4) is 0 Å². The number of aryl methyl sites for hydroxylation is 1. The molecule has 0 amide bonds. The first-order chi connectivity index (χ1) is 8.06. The molecule has 0 radical (unpaired) electrons. The van der Waals surface area contributed by atoms with Gasteiger partial charge in [-0.15, -0.1) is 0 Å². The fourth-order valence-corrected chi connectivity index (χ4v) is 1.79.